The standard InChI is InChI=1S/C18H23ClN4O3/c1-20-16(24)12-4-5-14(19)15(10-12)22-18(26)21-13-6-8-23(9-7-13)17(25)11-2-3-11/h4-5,10-11,13H,2-3,6-9H2,1H3,(H,20,24)(H2,21,22,26). The van der Waals surface area contributed by atoms with Crippen LogP contribution in [-0.4, -0.2) is 48.9 Å². The molecular formula is C18H23ClN4O3. The first kappa shape index (κ1) is 18.5. The van der Waals surface area contributed by atoms with Gasteiger partial charge in [0.2, 0.25) is 5.91 Å². The number of carbonyl (C=O) groups is 3. The Labute approximate surface area is 157 Å². The Morgan fingerprint density at radius 1 is 1.12 bits per heavy atom. The number of nitrogens with zero attached hydrogens (tertiary/aromatic N) is 1. The molecule has 0 aromatic heterocycles. The zero-order valence-corrected chi connectivity index (χ0v) is 15.4. The lowest BCUT2D eigenvalue weighted by molar-refractivity contribution is -0.133. The SMILES string of the molecule is CNC(=O)c1ccc(Cl)c(NC(=O)NC2CCN(C(=O)C3CC3)CC2)c1. The number of carbonyl (C=O) groups excluding carboxylic acids is 3. The third-order valence-corrected chi connectivity index (χ3v) is 5.10. The van der Waals surface area contributed by atoms with Crippen LogP contribution in [0.25, 0.3) is 0 Å². The second-order valence-corrected chi connectivity index (χ2v) is 7.15. The van der Waals surface area contributed by atoms with Gasteiger partial charge in [0.1, 0.15) is 0 Å². The van der Waals surface area contributed by atoms with E-state index in [0.29, 0.717) is 29.4 Å². The highest BCUT2D eigenvalue weighted by molar-refractivity contribution is 6.33. The molecule has 0 bridgehead atoms. The van der Waals surface area contributed by atoms with Crippen LogP contribution in [-0.2, 0) is 4.79 Å². The van der Waals surface area contributed by atoms with Crippen molar-refractivity contribution in [3.63, 3.8) is 0 Å². The summed E-state index contributed by atoms with van der Waals surface area (Å²) in [6.45, 7) is 1.35. The largest absolute Gasteiger partial charge is 0.355 e. The molecule has 140 valence electrons. The van der Waals surface area contributed by atoms with Gasteiger partial charge in [0.15, 0.2) is 0 Å². The van der Waals surface area contributed by atoms with Crippen molar-refractivity contribution in [3.05, 3.63) is 28.8 Å². The summed E-state index contributed by atoms with van der Waals surface area (Å²) in [5.74, 6) is 0.237. The van der Waals surface area contributed by atoms with E-state index in [1.165, 1.54) is 13.1 Å². The number of nitrogens with one attached hydrogen (secondary N) is 3. The molecular weight excluding hydrogens is 356 g/mol. The van der Waals surface area contributed by atoms with Crippen molar-refractivity contribution >= 4 is 35.1 Å². The van der Waals surface area contributed by atoms with Crippen LogP contribution in [0.15, 0.2) is 18.2 Å². The molecule has 1 aromatic carbocycles. The molecule has 0 spiro atoms. The molecule has 0 unspecified atom stereocenters. The van der Waals surface area contributed by atoms with E-state index in [9.17, 15) is 14.4 Å². The third kappa shape index (κ3) is 4.46. The van der Waals surface area contributed by atoms with E-state index < -0.39 is 0 Å². The van der Waals surface area contributed by atoms with E-state index in [-0.39, 0.29) is 29.8 Å². The minimum atomic E-state index is -0.368. The van der Waals surface area contributed by atoms with Crippen molar-refractivity contribution in [2.24, 2.45) is 5.92 Å². The maximum Gasteiger partial charge on any atom is 0.319 e. The van der Waals surface area contributed by atoms with E-state index in [1.807, 2.05) is 4.90 Å². The van der Waals surface area contributed by atoms with Crippen molar-refractivity contribution < 1.29 is 14.4 Å². The zero-order chi connectivity index (χ0) is 18.7. The Morgan fingerprint density at radius 2 is 1.81 bits per heavy atom. The molecule has 1 aliphatic carbocycles. The molecule has 3 rings (SSSR count). The van der Waals surface area contributed by atoms with Crippen LogP contribution in [0.4, 0.5) is 10.5 Å². The number of halogens is 1. The molecule has 7 nitrogen and oxygen atoms in total. The number of hydrogen-bond donors (Lipinski definition) is 3. The summed E-state index contributed by atoms with van der Waals surface area (Å²) < 4.78 is 0. The lowest BCUT2D eigenvalue weighted by Crippen LogP contribution is -2.48. The summed E-state index contributed by atoms with van der Waals surface area (Å²) in [6.07, 6.45) is 3.49. The Kier molecular flexibility index (Phi) is 5.66. The Morgan fingerprint density at radius 3 is 2.42 bits per heavy atom. The molecule has 26 heavy (non-hydrogen) atoms. The summed E-state index contributed by atoms with van der Waals surface area (Å²) in [6, 6.07) is 4.35. The predicted octanol–water partition coefficient (Wildman–Crippen LogP) is 2.22. The van der Waals surface area contributed by atoms with Gasteiger partial charge in [0, 0.05) is 37.7 Å². The van der Waals surface area contributed by atoms with E-state index in [0.717, 1.165) is 25.7 Å². The maximum absolute atomic E-state index is 12.3. The van der Waals surface area contributed by atoms with Gasteiger partial charge in [-0.15, -0.1) is 0 Å². The first-order valence-electron chi connectivity index (χ1n) is 8.86. The summed E-state index contributed by atoms with van der Waals surface area (Å²) in [4.78, 5) is 37.9. The summed E-state index contributed by atoms with van der Waals surface area (Å²) >= 11 is 6.10. The molecule has 0 atom stereocenters. The van der Waals surface area contributed by atoms with Gasteiger partial charge in [-0.2, -0.15) is 0 Å². The molecule has 1 heterocycles. The average molecular weight is 379 g/mol. The minimum Gasteiger partial charge on any atom is -0.355 e. The smallest absolute Gasteiger partial charge is 0.319 e. The van der Waals surface area contributed by atoms with E-state index in [1.54, 1.807) is 12.1 Å². The lowest BCUT2D eigenvalue weighted by atomic mass is 10.0. The molecule has 1 aromatic rings. The molecule has 2 fully saturated rings. The third-order valence-electron chi connectivity index (χ3n) is 4.77. The van der Waals surface area contributed by atoms with Gasteiger partial charge in [-0.05, 0) is 43.9 Å². The molecule has 1 aliphatic heterocycles. The highest BCUT2D eigenvalue weighted by Crippen LogP contribution is 2.32. The van der Waals surface area contributed by atoms with E-state index in [4.69, 9.17) is 11.6 Å². The first-order chi connectivity index (χ1) is 12.5. The number of hydrogen-bond acceptors (Lipinski definition) is 3. The van der Waals surface area contributed by atoms with Crippen molar-refractivity contribution in [1.82, 2.24) is 15.5 Å². The Bertz CT molecular complexity index is 712. The molecule has 8 heteroatoms. The number of rotatable bonds is 4. The number of anilines is 1. The van der Waals surface area contributed by atoms with Gasteiger partial charge < -0.3 is 20.9 Å². The molecule has 1 saturated carbocycles. The minimum absolute atomic E-state index is 0.0131. The molecule has 4 amide bonds. The van der Waals surface area contributed by atoms with Crippen LogP contribution >= 0.6 is 11.6 Å². The van der Waals surface area contributed by atoms with Crippen LogP contribution in [0.3, 0.4) is 0 Å². The van der Waals surface area contributed by atoms with Crippen molar-refractivity contribution in [2.45, 2.75) is 31.7 Å². The molecule has 1 saturated heterocycles. The van der Waals surface area contributed by atoms with Crippen LogP contribution in [0, 0.1) is 5.92 Å². The second kappa shape index (κ2) is 7.95. The normalized spacial score (nSPS) is 17.5. The predicted molar refractivity (Wildman–Crippen MR) is 99.3 cm³/mol. The highest BCUT2D eigenvalue weighted by Gasteiger charge is 2.35. The first-order valence-corrected chi connectivity index (χ1v) is 9.23. The monoisotopic (exact) mass is 378 g/mol. The van der Waals surface area contributed by atoms with Crippen LogP contribution in [0.1, 0.15) is 36.0 Å². The fraction of sp³-hybridized carbons (Fsp3) is 0.500. The topological polar surface area (TPSA) is 90.5 Å². The van der Waals surface area contributed by atoms with E-state index in [2.05, 4.69) is 16.0 Å². The van der Waals surface area contributed by atoms with Gasteiger partial charge in [-0.3, -0.25) is 9.59 Å². The van der Waals surface area contributed by atoms with Gasteiger partial charge in [0.25, 0.3) is 5.91 Å². The number of likely N-dealkylation sites (tertiary alicyclic amines) is 1. The van der Waals surface area contributed by atoms with Crippen molar-refractivity contribution in [1.29, 1.82) is 0 Å². The van der Waals surface area contributed by atoms with Crippen molar-refractivity contribution in [3.8, 4) is 0 Å². The van der Waals surface area contributed by atoms with Crippen LogP contribution in [0.2, 0.25) is 5.02 Å². The van der Waals surface area contributed by atoms with Crippen molar-refractivity contribution in [2.75, 3.05) is 25.5 Å². The van der Waals surface area contributed by atoms with Gasteiger partial charge in [-0.1, -0.05) is 11.6 Å². The number of amides is 4. The summed E-state index contributed by atoms with van der Waals surface area (Å²) in [5, 5.41) is 8.50. The number of piperidine rings is 1. The quantitative estimate of drug-likeness (QED) is 0.750. The number of urea groups is 1. The average Bonchev–Trinajstić information content (AvgIpc) is 3.48. The van der Waals surface area contributed by atoms with Crippen LogP contribution < -0.4 is 16.0 Å². The second-order valence-electron chi connectivity index (χ2n) is 6.75. The van der Waals surface area contributed by atoms with Crippen LogP contribution in [0.5, 0.6) is 0 Å². The zero-order valence-electron chi connectivity index (χ0n) is 14.7. The maximum atomic E-state index is 12.3. The fourth-order valence-electron chi connectivity index (χ4n) is 3.08. The molecule has 2 aliphatic rings. The fourth-order valence-corrected chi connectivity index (χ4v) is 3.25. The Balaban J connectivity index is 1.51. The number of benzene rings is 1. The van der Waals surface area contributed by atoms with E-state index >= 15 is 0 Å². The molecule has 3 N–H and O–H groups in total. The molecule has 0 radical (unpaired) electrons. The van der Waals surface area contributed by atoms with Gasteiger partial charge >= 0.3 is 6.03 Å². The van der Waals surface area contributed by atoms with Gasteiger partial charge in [0.05, 0.1) is 10.7 Å². The lowest BCUT2D eigenvalue weighted by Gasteiger charge is -2.32. The van der Waals surface area contributed by atoms with Gasteiger partial charge in [-0.25, -0.2) is 4.79 Å². The Hall–Kier alpha value is -2.28. The summed E-state index contributed by atoms with van der Waals surface area (Å²) in [7, 11) is 1.54. The highest BCUT2D eigenvalue weighted by atomic mass is 35.5. The summed E-state index contributed by atoms with van der Waals surface area (Å²) in [5.41, 5.74) is 0.797.